The quantitative estimate of drug-likeness (QED) is 0.798. The van der Waals surface area contributed by atoms with Gasteiger partial charge in [0.25, 0.3) is 0 Å². The Labute approximate surface area is 161 Å². The molecule has 2 aromatic rings. The zero-order valence-electron chi connectivity index (χ0n) is 14.5. The average Bonchev–Trinajstić information content (AvgIpc) is 3.06. The van der Waals surface area contributed by atoms with Gasteiger partial charge in [-0.3, -0.25) is 9.69 Å². The van der Waals surface area contributed by atoms with Crippen LogP contribution in [0.25, 0.3) is 0 Å². The van der Waals surface area contributed by atoms with Gasteiger partial charge in [0.15, 0.2) is 0 Å². The van der Waals surface area contributed by atoms with E-state index in [1.165, 1.54) is 0 Å². The van der Waals surface area contributed by atoms with Crippen molar-refractivity contribution < 1.29 is 19.4 Å². The Morgan fingerprint density at radius 2 is 2.08 bits per heavy atom. The summed E-state index contributed by atoms with van der Waals surface area (Å²) in [4.78, 5) is 13.7. The van der Waals surface area contributed by atoms with Crippen molar-refractivity contribution in [1.29, 1.82) is 0 Å². The molecule has 2 aromatic carbocycles. The summed E-state index contributed by atoms with van der Waals surface area (Å²) in [5.74, 6) is 1.07. The molecule has 1 heterocycles. The minimum atomic E-state index is -0.825. The van der Waals surface area contributed by atoms with Crippen molar-refractivity contribution in [2.75, 3.05) is 20.0 Å². The molecule has 7 heteroatoms. The van der Waals surface area contributed by atoms with Crippen molar-refractivity contribution in [2.24, 2.45) is 0 Å². The normalized spacial score (nSPS) is 20.1. The maximum absolute atomic E-state index is 11.8. The van der Waals surface area contributed by atoms with Crippen LogP contribution in [-0.4, -0.2) is 42.0 Å². The number of halogens is 1. The molecule has 3 rings (SSSR count). The van der Waals surface area contributed by atoms with Gasteiger partial charge in [-0.05, 0) is 23.8 Å². The van der Waals surface area contributed by atoms with Crippen LogP contribution < -0.4 is 9.47 Å². The number of carboxylic acid groups (broad SMARTS) is 1. The van der Waals surface area contributed by atoms with Crippen LogP contribution in [0.15, 0.2) is 42.5 Å². The first-order chi connectivity index (χ1) is 12.5. The number of carbonyl (C=O) groups is 1. The van der Waals surface area contributed by atoms with E-state index in [1.54, 1.807) is 26.0 Å². The van der Waals surface area contributed by atoms with Crippen LogP contribution >= 0.6 is 23.4 Å². The van der Waals surface area contributed by atoms with Gasteiger partial charge < -0.3 is 14.6 Å². The fraction of sp³-hybridized carbons (Fsp3) is 0.316. The standard InChI is InChI=1S/C19H20ClNO4S/c1-24-15-7-6-13(17(9-15)25-2)10-21-16(19(22)23)11-26-18(21)12-4-3-5-14(20)8-12/h3-9,16,18H,10-11H2,1-2H3,(H,22,23). The Bertz CT molecular complexity index is 801. The van der Waals surface area contributed by atoms with Crippen LogP contribution in [0.4, 0.5) is 0 Å². The Morgan fingerprint density at radius 1 is 1.27 bits per heavy atom. The van der Waals surface area contributed by atoms with Gasteiger partial charge in [-0.2, -0.15) is 0 Å². The highest BCUT2D eigenvalue weighted by molar-refractivity contribution is 7.99. The topological polar surface area (TPSA) is 59.0 Å². The van der Waals surface area contributed by atoms with E-state index in [-0.39, 0.29) is 5.37 Å². The van der Waals surface area contributed by atoms with Crippen LogP contribution in [0.5, 0.6) is 11.5 Å². The number of carboxylic acids is 1. The largest absolute Gasteiger partial charge is 0.497 e. The molecular formula is C19H20ClNO4S. The van der Waals surface area contributed by atoms with E-state index in [1.807, 2.05) is 47.4 Å². The summed E-state index contributed by atoms with van der Waals surface area (Å²) in [6.45, 7) is 0.453. The number of hydrogen-bond donors (Lipinski definition) is 1. The van der Waals surface area contributed by atoms with E-state index < -0.39 is 12.0 Å². The molecule has 1 N–H and O–H groups in total. The number of thioether (sulfide) groups is 1. The van der Waals surface area contributed by atoms with Gasteiger partial charge in [0.1, 0.15) is 17.5 Å². The minimum absolute atomic E-state index is 0.0818. The van der Waals surface area contributed by atoms with Crippen LogP contribution in [0, 0.1) is 0 Å². The lowest BCUT2D eigenvalue weighted by Gasteiger charge is -2.28. The van der Waals surface area contributed by atoms with Gasteiger partial charge in [-0.25, -0.2) is 0 Å². The lowest BCUT2D eigenvalue weighted by Crippen LogP contribution is -2.38. The maximum Gasteiger partial charge on any atom is 0.321 e. The second kappa shape index (κ2) is 8.20. The highest BCUT2D eigenvalue weighted by Gasteiger charge is 2.39. The Balaban J connectivity index is 1.94. The lowest BCUT2D eigenvalue weighted by atomic mass is 10.1. The minimum Gasteiger partial charge on any atom is -0.497 e. The predicted molar refractivity (Wildman–Crippen MR) is 103 cm³/mol. The second-order valence-corrected chi connectivity index (χ2v) is 7.49. The highest BCUT2D eigenvalue weighted by atomic mass is 35.5. The Kier molecular flexibility index (Phi) is 5.96. The van der Waals surface area contributed by atoms with Crippen LogP contribution in [0.3, 0.4) is 0 Å². The zero-order valence-corrected chi connectivity index (χ0v) is 16.1. The lowest BCUT2D eigenvalue weighted by molar-refractivity contribution is -0.142. The molecule has 0 aliphatic carbocycles. The van der Waals surface area contributed by atoms with E-state index in [0.717, 1.165) is 11.1 Å². The van der Waals surface area contributed by atoms with Gasteiger partial charge in [0.2, 0.25) is 0 Å². The van der Waals surface area contributed by atoms with E-state index >= 15 is 0 Å². The zero-order chi connectivity index (χ0) is 18.7. The van der Waals surface area contributed by atoms with Gasteiger partial charge in [0.05, 0.1) is 19.6 Å². The van der Waals surface area contributed by atoms with Crippen molar-refractivity contribution in [3.63, 3.8) is 0 Å². The summed E-state index contributed by atoms with van der Waals surface area (Å²) in [5, 5.41) is 10.2. The molecule has 1 aliphatic heterocycles. The number of rotatable bonds is 6. The third-order valence-electron chi connectivity index (χ3n) is 4.38. The van der Waals surface area contributed by atoms with E-state index in [4.69, 9.17) is 21.1 Å². The molecule has 2 atom stereocenters. The van der Waals surface area contributed by atoms with Crippen molar-refractivity contribution in [3.8, 4) is 11.5 Å². The number of nitrogens with zero attached hydrogens (tertiary/aromatic N) is 1. The summed E-state index contributed by atoms with van der Waals surface area (Å²) in [6, 6.07) is 12.6. The molecule has 138 valence electrons. The third kappa shape index (κ3) is 3.92. The number of benzene rings is 2. The highest BCUT2D eigenvalue weighted by Crippen LogP contribution is 2.43. The van der Waals surface area contributed by atoms with E-state index in [9.17, 15) is 9.90 Å². The first kappa shape index (κ1) is 18.9. The number of methoxy groups -OCH3 is 2. The number of ether oxygens (including phenoxy) is 2. The summed E-state index contributed by atoms with van der Waals surface area (Å²) in [5.41, 5.74) is 1.91. The van der Waals surface area contributed by atoms with Crippen LogP contribution in [0.2, 0.25) is 5.02 Å². The van der Waals surface area contributed by atoms with Crippen molar-refractivity contribution in [1.82, 2.24) is 4.90 Å². The van der Waals surface area contributed by atoms with Crippen LogP contribution in [-0.2, 0) is 11.3 Å². The van der Waals surface area contributed by atoms with Gasteiger partial charge in [-0.1, -0.05) is 29.8 Å². The smallest absolute Gasteiger partial charge is 0.321 e. The molecule has 0 aromatic heterocycles. The van der Waals surface area contributed by atoms with Crippen molar-refractivity contribution in [3.05, 3.63) is 58.6 Å². The fourth-order valence-corrected chi connectivity index (χ4v) is 4.72. The molecule has 0 bridgehead atoms. The summed E-state index contributed by atoms with van der Waals surface area (Å²) >= 11 is 7.74. The Morgan fingerprint density at radius 3 is 2.73 bits per heavy atom. The molecule has 0 spiro atoms. The molecular weight excluding hydrogens is 374 g/mol. The molecule has 1 saturated heterocycles. The van der Waals surface area contributed by atoms with E-state index in [0.29, 0.717) is 28.8 Å². The predicted octanol–water partition coefficient (Wildman–Crippen LogP) is 4.06. The van der Waals surface area contributed by atoms with Gasteiger partial charge in [-0.15, -0.1) is 11.8 Å². The molecule has 26 heavy (non-hydrogen) atoms. The first-order valence-electron chi connectivity index (χ1n) is 8.10. The molecule has 5 nitrogen and oxygen atoms in total. The molecule has 0 amide bonds. The van der Waals surface area contributed by atoms with Crippen LogP contribution in [0.1, 0.15) is 16.5 Å². The van der Waals surface area contributed by atoms with E-state index in [2.05, 4.69) is 0 Å². The van der Waals surface area contributed by atoms with Crippen molar-refractivity contribution in [2.45, 2.75) is 18.0 Å². The molecule has 0 saturated carbocycles. The summed E-state index contributed by atoms with van der Waals surface area (Å²) in [6.07, 6.45) is 0. The Hall–Kier alpha value is -1.89. The third-order valence-corrected chi connectivity index (χ3v) is 5.98. The molecule has 1 aliphatic rings. The molecule has 1 fully saturated rings. The maximum atomic E-state index is 11.8. The van der Waals surface area contributed by atoms with Gasteiger partial charge in [0, 0.05) is 29.0 Å². The summed E-state index contributed by atoms with van der Waals surface area (Å²) in [7, 11) is 3.20. The SMILES string of the molecule is COc1ccc(CN2C(C(=O)O)CSC2c2cccc(Cl)c2)c(OC)c1. The molecule has 2 unspecified atom stereocenters. The monoisotopic (exact) mass is 393 g/mol. The van der Waals surface area contributed by atoms with Gasteiger partial charge >= 0.3 is 5.97 Å². The number of aliphatic carboxylic acids is 1. The first-order valence-corrected chi connectivity index (χ1v) is 9.52. The molecule has 0 radical (unpaired) electrons. The average molecular weight is 394 g/mol. The number of hydrogen-bond acceptors (Lipinski definition) is 5. The second-order valence-electron chi connectivity index (χ2n) is 5.94. The summed E-state index contributed by atoms with van der Waals surface area (Å²) < 4.78 is 10.7. The fourth-order valence-electron chi connectivity index (χ4n) is 3.07. The van der Waals surface area contributed by atoms with Crippen molar-refractivity contribution >= 4 is 29.3 Å².